The second-order valence-electron chi connectivity index (χ2n) is 7.77. The zero-order valence-corrected chi connectivity index (χ0v) is 26.3. The van der Waals surface area contributed by atoms with Gasteiger partial charge in [0.1, 0.15) is 0 Å². The number of H-pyrrole nitrogens is 1. The van der Waals surface area contributed by atoms with Gasteiger partial charge in [0.2, 0.25) is 0 Å². The van der Waals surface area contributed by atoms with E-state index in [0.717, 1.165) is 15.2 Å². The quantitative estimate of drug-likeness (QED) is 0.193. The first-order valence-electron chi connectivity index (χ1n) is 13.8. The van der Waals surface area contributed by atoms with E-state index < -0.39 is 0 Å². The number of halogens is 1. The van der Waals surface area contributed by atoms with Crippen LogP contribution in [0.5, 0.6) is 5.75 Å². The van der Waals surface area contributed by atoms with Crippen LogP contribution in [0, 0.1) is 6.92 Å². The predicted octanol–water partition coefficient (Wildman–Crippen LogP) is 9.26. The van der Waals surface area contributed by atoms with Crippen molar-refractivity contribution in [2.45, 2.75) is 48.5 Å². The Morgan fingerprint density at radius 2 is 1.39 bits per heavy atom. The molecule has 0 atom stereocenters. The van der Waals surface area contributed by atoms with Crippen LogP contribution >= 0.6 is 15.9 Å². The van der Waals surface area contributed by atoms with Crippen LogP contribution in [0.2, 0.25) is 0 Å². The van der Waals surface area contributed by atoms with Gasteiger partial charge in [-0.1, -0.05) is 87.8 Å². The molecule has 8 heteroatoms. The molecule has 0 saturated carbocycles. The van der Waals surface area contributed by atoms with Crippen molar-refractivity contribution in [1.29, 1.82) is 0 Å². The van der Waals surface area contributed by atoms with Crippen molar-refractivity contribution in [3.05, 3.63) is 112 Å². The SMILES string of the molecule is CC.CC.CC.Cc1cccc2cnccc12.O=c1[nH]cc(ONc2nccc3c(Br)cccc23)c2ccncc12. The van der Waals surface area contributed by atoms with Crippen molar-refractivity contribution in [2.75, 3.05) is 5.48 Å². The van der Waals surface area contributed by atoms with Crippen LogP contribution in [0.4, 0.5) is 5.82 Å². The molecule has 2 aromatic carbocycles. The Morgan fingerprint density at radius 1 is 0.732 bits per heavy atom. The molecule has 0 aliphatic heterocycles. The molecule has 6 aromatic rings. The number of nitrogens with zero attached hydrogens (tertiary/aromatic N) is 3. The minimum atomic E-state index is -0.210. The van der Waals surface area contributed by atoms with Gasteiger partial charge in [-0.2, -0.15) is 0 Å². The van der Waals surface area contributed by atoms with E-state index in [9.17, 15) is 4.79 Å². The predicted molar refractivity (Wildman–Crippen MR) is 177 cm³/mol. The summed E-state index contributed by atoms with van der Waals surface area (Å²) in [5.74, 6) is 1.07. The fourth-order valence-corrected chi connectivity index (χ4v) is 4.30. The van der Waals surface area contributed by atoms with Crippen LogP contribution < -0.4 is 15.9 Å². The molecule has 0 spiro atoms. The number of fused-ring (bicyclic) bond motifs is 3. The van der Waals surface area contributed by atoms with Crippen molar-refractivity contribution in [2.24, 2.45) is 0 Å². The molecule has 7 nitrogen and oxygen atoms in total. The maximum Gasteiger partial charge on any atom is 0.257 e. The lowest BCUT2D eigenvalue weighted by molar-refractivity contribution is 0.406. The third-order valence-electron chi connectivity index (χ3n) is 5.57. The van der Waals surface area contributed by atoms with Crippen LogP contribution in [0.25, 0.3) is 32.3 Å². The summed E-state index contributed by atoms with van der Waals surface area (Å²) >= 11 is 3.52. The highest BCUT2D eigenvalue weighted by atomic mass is 79.9. The Balaban J connectivity index is 0.000000289. The third kappa shape index (κ3) is 8.35. The van der Waals surface area contributed by atoms with Crippen molar-refractivity contribution in [3.63, 3.8) is 0 Å². The molecule has 214 valence electrons. The summed E-state index contributed by atoms with van der Waals surface area (Å²) in [5, 5.41) is 5.58. The second kappa shape index (κ2) is 17.4. The molecular formula is C33H38BrN5O2. The lowest BCUT2D eigenvalue weighted by atomic mass is 10.1. The number of hydrogen-bond donors (Lipinski definition) is 2. The Kier molecular flexibility index (Phi) is 14.0. The highest BCUT2D eigenvalue weighted by molar-refractivity contribution is 9.10. The zero-order valence-electron chi connectivity index (χ0n) is 24.7. The van der Waals surface area contributed by atoms with Gasteiger partial charge in [-0.3, -0.25) is 14.8 Å². The molecule has 4 aromatic heterocycles. The molecule has 0 radical (unpaired) electrons. The maximum atomic E-state index is 11.8. The topological polar surface area (TPSA) is 92.8 Å². The lowest BCUT2D eigenvalue weighted by Crippen LogP contribution is -2.11. The van der Waals surface area contributed by atoms with Crippen LogP contribution in [0.3, 0.4) is 0 Å². The van der Waals surface area contributed by atoms with E-state index in [1.54, 1.807) is 18.5 Å². The van der Waals surface area contributed by atoms with Gasteiger partial charge in [-0.15, -0.1) is 0 Å². The van der Waals surface area contributed by atoms with E-state index in [1.165, 1.54) is 28.7 Å². The van der Waals surface area contributed by atoms with Crippen molar-refractivity contribution >= 4 is 54.1 Å². The molecule has 0 aliphatic carbocycles. The smallest absolute Gasteiger partial charge is 0.257 e. The van der Waals surface area contributed by atoms with Crippen LogP contribution in [-0.2, 0) is 0 Å². The first kappa shape index (κ1) is 32.9. The summed E-state index contributed by atoms with van der Waals surface area (Å²) in [6.45, 7) is 14.1. The minimum Gasteiger partial charge on any atom is -0.378 e. The van der Waals surface area contributed by atoms with E-state index in [4.69, 9.17) is 4.84 Å². The standard InChI is InChI=1S/C17H11BrN4O2.C10H9N.3C2H6/c18-14-3-1-2-12-10(14)5-7-20-16(12)22-24-15-9-21-17(23)13-8-19-6-4-11(13)15;1-8-3-2-4-9-7-11-6-5-10(8)9;3*1-2/h1-9H,(H,20,22)(H,21,23);2-7H,1H3;3*1-2H3. The zero-order chi connectivity index (χ0) is 30.2. The summed E-state index contributed by atoms with van der Waals surface area (Å²) in [6, 6.07) is 17.8. The second-order valence-corrected chi connectivity index (χ2v) is 8.63. The van der Waals surface area contributed by atoms with E-state index in [-0.39, 0.29) is 5.56 Å². The normalized spacial score (nSPS) is 9.56. The average Bonchev–Trinajstić information content (AvgIpc) is 3.05. The number of nitrogens with one attached hydrogen (secondary N) is 2. The summed E-state index contributed by atoms with van der Waals surface area (Å²) < 4.78 is 0.978. The number of aromatic nitrogens is 4. The molecule has 4 heterocycles. The van der Waals surface area contributed by atoms with Gasteiger partial charge in [0.25, 0.3) is 5.56 Å². The number of pyridine rings is 4. The number of aryl methyl sites for hydroxylation is 1. The molecule has 0 amide bonds. The molecule has 0 aliphatic rings. The lowest BCUT2D eigenvalue weighted by Gasteiger charge is -2.11. The molecule has 2 N–H and O–H groups in total. The van der Waals surface area contributed by atoms with Gasteiger partial charge >= 0.3 is 0 Å². The van der Waals surface area contributed by atoms with E-state index in [1.807, 2.05) is 84.3 Å². The summed E-state index contributed by atoms with van der Waals surface area (Å²) in [4.78, 5) is 32.5. The fourth-order valence-electron chi connectivity index (χ4n) is 3.80. The van der Waals surface area contributed by atoms with E-state index >= 15 is 0 Å². The molecule has 0 bridgehead atoms. The number of hydrogen-bond acceptors (Lipinski definition) is 6. The summed E-state index contributed by atoms with van der Waals surface area (Å²) in [5.41, 5.74) is 3.97. The summed E-state index contributed by atoms with van der Waals surface area (Å²) in [7, 11) is 0. The summed E-state index contributed by atoms with van der Waals surface area (Å²) in [6.07, 6.45) is 10.1. The Bertz CT molecular complexity index is 1710. The largest absolute Gasteiger partial charge is 0.378 e. The molecule has 0 fully saturated rings. The first-order chi connectivity index (χ1) is 20.1. The molecule has 0 unspecified atom stereocenters. The van der Waals surface area contributed by atoms with E-state index in [2.05, 4.69) is 66.5 Å². The molecule has 41 heavy (non-hydrogen) atoms. The van der Waals surface area contributed by atoms with Gasteiger partial charge in [0.05, 0.1) is 11.6 Å². The Hall–Kier alpha value is -4.30. The molecule has 6 rings (SSSR count). The van der Waals surface area contributed by atoms with Gasteiger partial charge in [0, 0.05) is 57.0 Å². The average molecular weight is 617 g/mol. The highest BCUT2D eigenvalue weighted by Gasteiger charge is 2.09. The van der Waals surface area contributed by atoms with Gasteiger partial charge in [0.15, 0.2) is 11.6 Å². The van der Waals surface area contributed by atoms with Crippen LogP contribution in [0.15, 0.2) is 101 Å². The first-order valence-corrected chi connectivity index (χ1v) is 14.6. The van der Waals surface area contributed by atoms with E-state index in [0.29, 0.717) is 22.3 Å². The van der Waals surface area contributed by atoms with Gasteiger partial charge in [-0.25, -0.2) is 10.5 Å². The number of rotatable bonds is 3. The number of benzene rings is 2. The maximum absolute atomic E-state index is 11.8. The third-order valence-corrected chi connectivity index (χ3v) is 6.27. The van der Waals surface area contributed by atoms with Crippen molar-refractivity contribution in [3.8, 4) is 5.75 Å². The Morgan fingerprint density at radius 3 is 2.12 bits per heavy atom. The minimum absolute atomic E-state index is 0.210. The fraction of sp³-hybridized carbons (Fsp3) is 0.212. The molecule has 0 saturated heterocycles. The number of aromatic amines is 1. The number of anilines is 1. The molecular weight excluding hydrogens is 578 g/mol. The van der Waals surface area contributed by atoms with Crippen molar-refractivity contribution < 1.29 is 4.84 Å². The van der Waals surface area contributed by atoms with Gasteiger partial charge in [-0.05, 0) is 42.1 Å². The van der Waals surface area contributed by atoms with Gasteiger partial charge < -0.3 is 9.82 Å². The monoisotopic (exact) mass is 615 g/mol. The van der Waals surface area contributed by atoms with Crippen LogP contribution in [0.1, 0.15) is 47.1 Å². The van der Waals surface area contributed by atoms with Crippen molar-refractivity contribution in [1.82, 2.24) is 19.9 Å². The highest BCUT2D eigenvalue weighted by Crippen LogP contribution is 2.28. The Labute approximate surface area is 250 Å². The van der Waals surface area contributed by atoms with Crippen LogP contribution in [-0.4, -0.2) is 19.9 Å².